The molecule has 0 amide bonds. The Balaban J connectivity index is 2.80. The van der Waals surface area contributed by atoms with Crippen LogP contribution in [0.3, 0.4) is 0 Å². The van der Waals surface area contributed by atoms with Gasteiger partial charge in [-0.15, -0.1) is 4.91 Å². The largest absolute Gasteiger partial charge is 0.332 e. The summed E-state index contributed by atoms with van der Waals surface area (Å²) in [5.74, 6) is 0. The smallest absolute Gasteiger partial charge is 0.160 e. The molecule has 0 atom stereocenters. The minimum Gasteiger partial charge on any atom is -0.332 e. The zero-order chi connectivity index (χ0) is 18.0. The Morgan fingerprint density at radius 2 is 2.08 bits per heavy atom. The molecule has 0 radical (unpaired) electrons. The van der Waals surface area contributed by atoms with E-state index in [2.05, 4.69) is 43.1 Å². The first-order valence-electron chi connectivity index (χ1n) is 8.25. The van der Waals surface area contributed by atoms with Crippen molar-refractivity contribution in [2.45, 2.75) is 53.4 Å². The van der Waals surface area contributed by atoms with Gasteiger partial charge in [-0.3, -0.25) is 0 Å². The van der Waals surface area contributed by atoms with Crippen LogP contribution in [0.4, 0.5) is 0 Å². The molecule has 0 saturated carbocycles. The summed E-state index contributed by atoms with van der Waals surface area (Å²) in [7, 11) is 0. The van der Waals surface area contributed by atoms with Crippen molar-refractivity contribution in [3.05, 3.63) is 63.8 Å². The molecule has 1 aliphatic rings. The first kappa shape index (κ1) is 19.8. The predicted molar refractivity (Wildman–Crippen MR) is 98.0 cm³/mol. The van der Waals surface area contributed by atoms with Crippen LogP contribution >= 0.6 is 0 Å². The predicted octanol–water partition coefficient (Wildman–Crippen LogP) is 5.74. The molecule has 4 heteroatoms. The maximum absolute atomic E-state index is 10.6. The van der Waals surface area contributed by atoms with Gasteiger partial charge < -0.3 is 9.63 Å². The number of nitrogens with zero attached hydrogens (tertiary/aromatic N) is 1. The molecular weight excluding hydrogens is 302 g/mol. The summed E-state index contributed by atoms with van der Waals surface area (Å²) in [5, 5.41) is 2.29. The monoisotopic (exact) mass is 329 g/mol. The topological polar surface area (TPSA) is 55.7 Å². The van der Waals surface area contributed by atoms with Crippen molar-refractivity contribution in [3.8, 4) is 0 Å². The van der Waals surface area contributed by atoms with Crippen LogP contribution in [0.5, 0.6) is 0 Å². The molecule has 0 spiro atoms. The Morgan fingerprint density at radius 1 is 1.33 bits per heavy atom. The molecule has 130 valence electrons. The van der Waals surface area contributed by atoms with E-state index in [1.807, 2.05) is 19.1 Å². The van der Waals surface area contributed by atoms with Gasteiger partial charge in [0.2, 0.25) is 0 Å². The van der Waals surface area contributed by atoms with Gasteiger partial charge in [-0.05, 0) is 49.7 Å². The summed E-state index contributed by atoms with van der Waals surface area (Å²) in [6, 6.07) is 0. The first-order chi connectivity index (χ1) is 11.4. The van der Waals surface area contributed by atoms with Gasteiger partial charge in [-0.2, -0.15) is 0 Å². The van der Waals surface area contributed by atoms with E-state index in [0.29, 0.717) is 5.57 Å². The number of hydrogen-bond acceptors (Lipinski definition) is 4. The minimum absolute atomic E-state index is 0.176. The molecule has 0 unspecified atom stereocenters. The van der Waals surface area contributed by atoms with E-state index >= 15 is 0 Å². The second kappa shape index (κ2) is 9.81. The van der Waals surface area contributed by atoms with Crippen molar-refractivity contribution < 1.29 is 9.63 Å². The van der Waals surface area contributed by atoms with Gasteiger partial charge in [0, 0.05) is 6.42 Å². The summed E-state index contributed by atoms with van der Waals surface area (Å²) in [6.07, 6.45) is 15.6. The normalized spacial score (nSPS) is 19.2. The maximum atomic E-state index is 10.6. The zero-order valence-corrected chi connectivity index (χ0v) is 15.0. The van der Waals surface area contributed by atoms with Crippen molar-refractivity contribution in [1.82, 2.24) is 0 Å². The summed E-state index contributed by atoms with van der Waals surface area (Å²) in [6.45, 7) is 8.84. The van der Waals surface area contributed by atoms with Gasteiger partial charge in [-0.1, -0.05) is 55.4 Å². The lowest BCUT2D eigenvalue weighted by atomic mass is 9.72. The van der Waals surface area contributed by atoms with Crippen LogP contribution in [-0.2, 0) is 9.63 Å². The van der Waals surface area contributed by atoms with E-state index in [4.69, 9.17) is 0 Å². The van der Waals surface area contributed by atoms with E-state index in [0.717, 1.165) is 11.9 Å². The van der Waals surface area contributed by atoms with Crippen molar-refractivity contribution in [1.29, 1.82) is 0 Å². The molecule has 0 heterocycles. The zero-order valence-electron chi connectivity index (χ0n) is 15.0. The second-order valence-corrected chi connectivity index (χ2v) is 6.78. The highest BCUT2D eigenvalue weighted by Crippen LogP contribution is 2.40. The second-order valence-electron chi connectivity index (χ2n) is 6.78. The molecule has 24 heavy (non-hydrogen) atoms. The number of allylic oxidation sites excluding steroid dienone is 9. The quantitative estimate of drug-likeness (QED) is 0.187. The summed E-state index contributed by atoms with van der Waals surface area (Å²) in [4.78, 5) is 24.9. The molecule has 0 N–H and O–H groups in total. The molecule has 0 bridgehead atoms. The highest BCUT2D eigenvalue weighted by Gasteiger charge is 2.26. The Kier molecular flexibility index (Phi) is 8.10. The average Bonchev–Trinajstić information content (AvgIpc) is 2.51. The highest BCUT2D eigenvalue weighted by atomic mass is 16.7. The third-order valence-electron chi connectivity index (χ3n) is 4.29. The molecule has 0 aromatic heterocycles. The van der Waals surface area contributed by atoms with Gasteiger partial charge in [0.15, 0.2) is 5.34 Å². The van der Waals surface area contributed by atoms with E-state index < -0.39 is 0 Å². The molecule has 1 rings (SSSR count). The van der Waals surface area contributed by atoms with Gasteiger partial charge >= 0.3 is 0 Å². The number of carbonyl (C=O) groups excluding carboxylic acids is 1. The van der Waals surface area contributed by atoms with Crippen LogP contribution in [0.25, 0.3) is 0 Å². The van der Waals surface area contributed by atoms with E-state index in [-0.39, 0.29) is 11.8 Å². The molecule has 4 nitrogen and oxygen atoms in total. The van der Waals surface area contributed by atoms with Crippen LogP contribution in [0.15, 0.2) is 64.3 Å². The van der Waals surface area contributed by atoms with E-state index in [1.165, 1.54) is 36.7 Å². The SMILES string of the molecule is CC1=C(/C=C/C(C)=C/C=CC(=CON=O)CC=O)C(C)(C)CCC1. The number of carbonyl (C=O) groups is 1. The van der Waals surface area contributed by atoms with Crippen molar-refractivity contribution in [2.75, 3.05) is 0 Å². The number of rotatable bonds is 8. The van der Waals surface area contributed by atoms with Crippen LogP contribution in [-0.4, -0.2) is 6.29 Å². The third-order valence-corrected chi connectivity index (χ3v) is 4.29. The Hall–Kier alpha value is -2.23. The maximum Gasteiger partial charge on any atom is 0.160 e. The van der Waals surface area contributed by atoms with Gasteiger partial charge in [0.25, 0.3) is 0 Å². The highest BCUT2D eigenvalue weighted by molar-refractivity contribution is 5.56. The summed E-state index contributed by atoms with van der Waals surface area (Å²) in [5.41, 5.74) is 4.82. The Labute approximate surface area is 144 Å². The average molecular weight is 329 g/mol. The van der Waals surface area contributed by atoms with E-state index in [9.17, 15) is 9.70 Å². The molecular formula is C20H27NO3. The summed E-state index contributed by atoms with van der Waals surface area (Å²) < 4.78 is 0. The summed E-state index contributed by atoms with van der Waals surface area (Å²) >= 11 is 0. The van der Waals surface area contributed by atoms with Crippen LogP contribution in [0.1, 0.15) is 53.4 Å². The van der Waals surface area contributed by atoms with Crippen molar-refractivity contribution in [2.24, 2.45) is 10.8 Å². The third kappa shape index (κ3) is 6.49. The number of hydrogen-bond donors (Lipinski definition) is 0. The lowest BCUT2D eigenvalue weighted by Crippen LogP contribution is -2.19. The number of aldehydes is 1. The molecule has 0 fully saturated rings. The standard InChI is InChI=1S/C20H27NO3/c1-16(7-5-9-18(12-14-22)15-24-21-23)10-11-19-17(2)8-6-13-20(19,3)4/h5,7,9-11,14-15H,6,8,12-13H2,1-4H3/b9-5?,11-10+,16-7+,18-15?. The van der Waals surface area contributed by atoms with E-state index in [1.54, 1.807) is 6.08 Å². The fraction of sp³-hybridized carbons (Fsp3) is 0.450. The van der Waals surface area contributed by atoms with Gasteiger partial charge in [-0.25, -0.2) is 0 Å². The van der Waals surface area contributed by atoms with Gasteiger partial charge in [0.1, 0.15) is 12.5 Å². The molecule has 0 saturated heterocycles. The lowest BCUT2D eigenvalue weighted by Gasteiger charge is -2.32. The van der Waals surface area contributed by atoms with Crippen molar-refractivity contribution >= 4 is 6.29 Å². The minimum atomic E-state index is 0.176. The molecule has 0 aromatic rings. The fourth-order valence-electron chi connectivity index (χ4n) is 2.95. The Morgan fingerprint density at radius 3 is 2.71 bits per heavy atom. The molecule has 1 aliphatic carbocycles. The first-order valence-corrected chi connectivity index (χ1v) is 8.25. The van der Waals surface area contributed by atoms with Gasteiger partial charge in [0.05, 0.1) is 0 Å². The van der Waals surface area contributed by atoms with Crippen LogP contribution in [0.2, 0.25) is 0 Å². The fourth-order valence-corrected chi connectivity index (χ4v) is 2.95. The van der Waals surface area contributed by atoms with Crippen LogP contribution in [0, 0.1) is 10.3 Å². The molecule has 0 aliphatic heterocycles. The molecule has 0 aromatic carbocycles. The van der Waals surface area contributed by atoms with Crippen molar-refractivity contribution in [3.63, 3.8) is 0 Å². The van der Waals surface area contributed by atoms with Crippen LogP contribution < -0.4 is 0 Å². The lowest BCUT2D eigenvalue weighted by molar-refractivity contribution is -0.107. The Bertz CT molecular complexity index is 604.